The van der Waals surface area contributed by atoms with E-state index in [0.717, 1.165) is 6.07 Å². The van der Waals surface area contributed by atoms with Crippen molar-refractivity contribution in [2.45, 2.75) is 25.8 Å². The van der Waals surface area contributed by atoms with Gasteiger partial charge in [0.15, 0.2) is 6.61 Å². The third-order valence-electron chi connectivity index (χ3n) is 3.59. The van der Waals surface area contributed by atoms with Crippen molar-refractivity contribution in [1.82, 2.24) is 0 Å². The van der Waals surface area contributed by atoms with E-state index in [1.807, 2.05) is 6.92 Å². The maximum absolute atomic E-state index is 13.8. The van der Waals surface area contributed by atoms with E-state index in [9.17, 15) is 19.3 Å². The van der Waals surface area contributed by atoms with E-state index in [0.29, 0.717) is 18.5 Å². The lowest BCUT2D eigenvalue weighted by atomic mass is 9.93. The van der Waals surface area contributed by atoms with E-state index in [4.69, 9.17) is 4.74 Å². The van der Waals surface area contributed by atoms with Crippen molar-refractivity contribution in [2.24, 2.45) is 0 Å². The molecule has 0 saturated heterocycles. The minimum absolute atomic E-state index is 0.0623. The van der Waals surface area contributed by atoms with Crippen LogP contribution in [0.3, 0.4) is 0 Å². The number of ether oxygens (including phenoxy) is 1. The SMILES string of the molecule is CC1CCc2c3c(cc(F)c2[N+](=O)[O-])OCC(=O)N31. The number of hydrogen-bond donors (Lipinski definition) is 0. The van der Waals surface area contributed by atoms with Crippen LogP contribution in [0.5, 0.6) is 5.75 Å². The van der Waals surface area contributed by atoms with E-state index < -0.39 is 16.4 Å². The van der Waals surface area contributed by atoms with Crippen LogP contribution in [0.15, 0.2) is 6.07 Å². The largest absolute Gasteiger partial charge is 0.481 e. The average molecular weight is 266 g/mol. The lowest BCUT2D eigenvalue weighted by Crippen LogP contribution is -2.47. The number of nitro benzene ring substituents is 1. The van der Waals surface area contributed by atoms with Crippen LogP contribution in [0.4, 0.5) is 15.8 Å². The second kappa shape index (κ2) is 3.91. The van der Waals surface area contributed by atoms with E-state index in [-0.39, 0.29) is 29.9 Å². The molecule has 1 atom stereocenters. The van der Waals surface area contributed by atoms with E-state index in [2.05, 4.69) is 0 Å². The molecule has 1 amide bonds. The van der Waals surface area contributed by atoms with Gasteiger partial charge in [0.1, 0.15) is 5.75 Å². The number of carbonyl (C=O) groups excluding carboxylic acids is 1. The van der Waals surface area contributed by atoms with Crippen LogP contribution in [0.1, 0.15) is 18.9 Å². The predicted molar refractivity (Wildman–Crippen MR) is 63.8 cm³/mol. The monoisotopic (exact) mass is 266 g/mol. The summed E-state index contributed by atoms with van der Waals surface area (Å²) in [5, 5.41) is 11.0. The number of benzene rings is 1. The molecule has 1 unspecified atom stereocenters. The highest BCUT2D eigenvalue weighted by molar-refractivity contribution is 6.00. The molecular weight excluding hydrogens is 255 g/mol. The lowest BCUT2D eigenvalue weighted by Gasteiger charge is -2.38. The predicted octanol–water partition coefficient (Wildman–Crippen LogP) is 1.79. The molecule has 0 bridgehead atoms. The van der Waals surface area contributed by atoms with Crippen LogP contribution < -0.4 is 9.64 Å². The summed E-state index contributed by atoms with van der Waals surface area (Å²) in [6, 6.07) is 0.932. The zero-order valence-electron chi connectivity index (χ0n) is 10.2. The number of carbonyl (C=O) groups is 1. The number of hydrogen-bond acceptors (Lipinski definition) is 4. The fraction of sp³-hybridized carbons (Fsp3) is 0.417. The van der Waals surface area contributed by atoms with Crippen molar-refractivity contribution >= 4 is 17.3 Å². The molecule has 0 spiro atoms. The van der Waals surface area contributed by atoms with Crippen LogP contribution in [-0.4, -0.2) is 23.5 Å². The molecule has 1 aromatic carbocycles. The Morgan fingerprint density at radius 3 is 3.00 bits per heavy atom. The van der Waals surface area contributed by atoms with Gasteiger partial charge >= 0.3 is 5.69 Å². The molecule has 0 saturated carbocycles. The topological polar surface area (TPSA) is 72.7 Å². The molecule has 6 nitrogen and oxygen atoms in total. The minimum atomic E-state index is -0.914. The summed E-state index contributed by atoms with van der Waals surface area (Å²) < 4.78 is 19.0. The molecule has 0 N–H and O–H groups in total. The number of amides is 1. The van der Waals surface area contributed by atoms with E-state index >= 15 is 0 Å². The molecule has 2 aliphatic heterocycles. The standard InChI is InChI=1S/C12H11FN2O4/c1-6-2-3-7-11(15(17)18)8(13)4-9-12(7)14(6)10(16)5-19-9/h4,6H,2-3,5H2,1H3. The highest BCUT2D eigenvalue weighted by Crippen LogP contribution is 2.46. The van der Waals surface area contributed by atoms with Crippen molar-refractivity contribution < 1.29 is 18.8 Å². The molecular formula is C12H11FN2O4. The maximum atomic E-state index is 13.8. The van der Waals surface area contributed by atoms with Gasteiger partial charge in [-0.2, -0.15) is 4.39 Å². The lowest BCUT2D eigenvalue weighted by molar-refractivity contribution is -0.388. The molecule has 100 valence electrons. The molecule has 1 aromatic rings. The quantitative estimate of drug-likeness (QED) is 0.574. The second-order valence-electron chi connectivity index (χ2n) is 4.73. The molecule has 19 heavy (non-hydrogen) atoms. The number of halogens is 1. The summed E-state index contributed by atoms with van der Waals surface area (Å²) in [6.07, 6.45) is 0.938. The number of nitrogens with zero attached hydrogens (tertiary/aromatic N) is 2. The number of anilines is 1. The normalized spacial score (nSPS) is 20.8. The van der Waals surface area contributed by atoms with Gasteiger partial charge in [0.2, 0.25) is 5.82 Å². The Hall–Kier alpha value is -2.18. The van der Waals surface area contributed by atoms with Crippen LogP contribution in [0.25, 0.3) is 0 Å². The Labute approximate surface area is 107 Å². The van der Waals surface area contributed by atoms with Crippen molar-refractivity contribution in [3.05, 3.63) is 27.6 Å². The summed E-state index contributed by atoms with van der Waals surface area (Å²) in [5.41, 5.74) is 0.0724. The Balaban J connectivity index is 2.31. The highest BCUT2D eigenvalue weighted by atomic mass is 19.1. The Kier molecular flexibility index (Phi) is 2.44. The third-order valence-corrected chi connectivity index (χ3v) is 3.59. The van der Waals surface area contributed by atoms with Gasteiger partial charge in [0.25, 0.3) is 5.91 Å². The first-order valence-electron chi connectivity index (χ1n) is 5.95. The molecule has 7 heteroatoms. The number of nitro groups is 1. The maximum Gasteiger partial charge on any atom is 0.310 e. The van der Waals surface area contributed by atoms with Gasteiger partial charge in [-0.25, -0.2) is 0 Å². The first-order valence-corrected chi connectivity index (χ1v) is 5.95. The average Bonchev–Trinajstić information content (AvgIpc) is 2.34. The Morgan fingerprint density at radius 1 is 1.58 bits per heavy atom. The first-order chi connectivity index (χ1) is 9.00. The molecule has 0 fully saturated rings. The molecule has 2 heterocycles. The zero-order valence-corrected chi connectivity index (χ0v) is 10.2. The van der Waals surface area contributed by atoms with Gasteiger partial charge in [-0.3, -0.25) is 14.9 Å². The first kappa shape index (κ1) is 11.9. The van der Waals surface area contributed by atoms with Crippen molar-refractivity contribution in [3.8, 4) is 5.75 Å². The third kappa shape index (κ3) is 1.57. The fourth-order valence-electron chi connectivity index (χ4n) is 2.75. The van der Waals surface area contributed by atoms with Crippen molar-refractivity contribution in [2.75, 3.05) is 11.5 Å². The zero-order chi connectivity index (χ0) is 13.7. The van der Waals surface area contributed by atoms with Crippen LogP contribution in [0, 0.1) is 15.9 Å². The molecule has 0 aromatic heterocycles. The fourth-order valence-corrected chi connectivity index (χ4v) is 2.75. The van der Waals surface area contributed by atoms with Gasteiger partial charge in [-0.05, 0) is 19.8 Å². The van der Waals surface area contributed by atoms with Gasteiger partial charge in [-0.1, -0.05) is 0 Å². The minimum Gasteiger partial charge on any atom is -0.481 e. The molecule has 0 aliphatic carbocycles. The summed E-state index contributed by atoms with van der Waals surface area (Å²) in [4.78, 5) is 23.6. The van der Waals surface area contributed by atoms with Gasteiger partial charge in [0.05, 0.1) is 16.2 Å². The summed E-state index contributed by atoms with van der Waals surface area (Å²) in [6.45, 7) is 1.71. The summed E-state index contributed by atoms with van der Waals surface area (Å²) in [7, 11) is 0. The van der Waals surface area contributed by atoms with Crippen molar-refractivity contribution in [1.29, 1.82) is 0 Å². The van der Waals surface area contributed by atoms with Crippen molar-refractivity contribution in [3.63, 3.8) is 0 Å². The number of rotatable bonds is 1. The molecule has 3 rings (SSSR count). The van der Waals surface area contributed by atoms with E-state index in [1.54, 1.807) is 0 Å². The van der Waals surface area contributed by atoms with Crippen LogP contribution >= 0.6 is 0 Å². The van der Waals surface area contributed by atoms with Gasteiger partial charge < -0.3 is 9.64 Å². The highest BCUT2D eigenvalue weighted by Gasteiger charge is 2.40. The molecule has 2 aliphatic rings. The van der Waals surface area contributed by atoms with Gasteiger partial charge in [0, 0.05) is 12.1 Å². The van der Waals surface area contributed by atoms with Gasteiger partial charge in [-0.15, -0.1) is 0 Å². The smallest absolute Gasteiger partial charge is 0.310 e. The van der Waals surface area contributed by atoms with E-state index in [1.165, 1.54) is 4.90 Å². The summed E-state index contributed by atoms with van der Waals surface area (Å²) >= 11 is 0. The Morgan fingerprint density at radius 2 is 2.32 bits per heavy atom. The van der Waals surface area contributed by atoms with Crippen LogP contribution in [0.2, 0.25) is 0 Å². The Bertz CT molecular complexity index is 602. The summed E-state index contributed by atoms with van der Waals surface area (Å²) in [5.74, 6) is -0.950. The second-order valence-corrected chi connectivity index (χ2v) is 4.73. The van der Waals surface area contributed by atoms with Crippen LogP contribution in [-0.2, 0) is 11.2 Å². The molecule has 0 radical (unpaired) electrons.